The number of thiophene rings is 1. The van der Waals surface area contributed by atoms with E-state index in [0.717, 1.165) is 30.3 Å². The van der Waals surface area contributed by atoms with Crippen molar-refractivity contribution in [1.82, 2.24) is 10.2 Å². The van der Waals surface area contributed by atoms with Crippen LogP contribution >= 0.6 is 11.3 Å². The first-order chi connectivity index (χ1) is 12.6. The topological polar surface area (TPSA) is 41.6 Å². The number of carbonyl (C=O) groups excluding carboxylic acids is 1. The highest BCUT2D eigenvalue weighted by Crippen LogP contribution is 2.29. The van der Waals surface area contributed by atoms with Gasteiger partial charge in [-0.25, -0.2) is 0 Å². The van der Waals surface area contributed by atoms with Gasteiger partial charge in [0.05, 0.1) is 6.04 Å². The third kappa shape index (κ3) is 5.32. The molecule has 5 heteroatoms. The minimum absolute atomic E-state index is 0.0532. The van der Waals surface area contributed by atoms with E-state index >= 15 is 0 Å². The molecule has 1 amide bonds. The van der Waals surface area contributed by atoms with Gasteiger partial charge in [-0.2, -0.15) is 0 Å². The zero-order valence-corrected chi connectivity index (χ0v) is 16.4. The summed E-state index contributed by atoms with van der Waals surface area (Å²) in [6, 6.07) is 12.3. The second-order valence-electron chi connectivity index (χ2n) is 7.16. The monoisotopic (exact) mass is 372 g/mol. The minimum atomic E-state index is -0.0709. The molecule has 1 aliphatic heterocycles. The fraction of sp³-hybridized carbons (Fsp3) is 0.476. The number of hydrogen-bond donors (Lipinski definition) is 1. The van der Waals surface area contributed by atoms with Crippen LogP contribution in [-0.4, -0.2) is 37.0 Å². The number of ether oxygens (including phenoxy) is 1. The van der Waals surface area contributed by atoms with Crippen LogP contribution in [0.25, 0.3) is 0 Å². The average molecular weight is 373 g/mol. The summed E-state index contributed by atoms with van der Waals surface area (Å²) in [5.41, 5.74) is 1.12. The number of carbonyl (C=O) groups is 1. The van der Waals surface area contributed by atoms with Gasteiger partial charge in [0.2, 0.25) is 0 Å². The van der Waals surface area contributed by atoms with E-state index < -0.39 is 0 Å². The first-order valence-corrected chi connectivity index (χ1v) is 10.2. The van der Waals surface area contributed by atoms with Gasteiger partial charge in [-0.3, -0.25) is 9.69 Å². The molecule has 1 aromatic heterocycles. The van der Waals surface area contributed by atoms with Crippen LogP contribution < -0.4 is 10.1 Å². The average Bonchev–Trinajstić information content (AvgIpc) is 3.16. The molecule has 1 N–H and O–H groups in total. The van der Waals surface area contributed by atoms with Crippen LogP contribution in [0.3, 0.4) is 0 Å². The van der Waals surface area contributed by atoms with Crippen LogP contribution in [0, 0.1) is 12.8 Å². The molecule has 4 nitrogen and oxygen atoms in total. The highest BCUT2D eigenvalue weighted by Gasteiger charge is 2.25. The molecule has 1 aromatic carbocycles. The van der Waals surface area contributed by atoms with Gasteiger partial charge >= 0.3 is 0 Å². The zero-order chi connectivity index (χ0) is 18.4. The van der Waals surface area contributed by atoms with Crippen molar-refractivity contribution in [3.8, 4) is 5.75 Å². The van der Waals surface area contributed by atoms with Crippen molar-refractivity contribution in [1.29, 1.82) is 0 Å². The smallest absolute Gasteiger partial charge is 0.258 e. The number of rotatable bonds is 7. The summed E-state index contributed by atoms with van der Waals surface area (Å²) in [6.07, 6.45) is 2.46. The molecule has 0 radical (unpaired) electrons. The lowest BCUT2D eigenvalue weighted by molar-refractivity contribution is -0.123. The molecule has 1 atom stereocenters. The third-order valence-electron chi connectivity index (χ3n) is 4.98. The lowest BCUT2D eigenvalue weighted by atomic mass is 9.97. The Bertz CT molecular complexity index is 694. The maximum atomic E-state index is 12.3. The lowest BCUT2D eigenvalue weighted by Gasteiger charge is -2.36. The van der Waals surface area contributed by atoms with E-state index in [-0.39, 0.29) is 18.6 Å². The van der Waals surface area contributed by atoms with Crippen molar-refractivity contribution >= 4 is 17.2 Å². The molecule has 1 saturated heterocycles. The molecule has 0 saturated carbocycles. The molecule has 0 spiro atoms. The minimum Gasteiger partial charge on any atom is -0.484 e. The van der Waals surface area contributed by atoms with Gasteiger partial charge in [-0.15, -0.1) is 11.3 Å². The van der Waals surface area contributed by atoms with E-state index in [0.29, 0.717) is 6.54 Å². The van der Waals surface area contributed by atoms with Gasteiger partial charge in [-0.1, -0.05) is 25.1 Å². The van der Waals surface area contributed by atoms with Crippen molar-refractivity contribution in [3.05, 3.63) is 52.2 Å². The van der Waals surface area contributed by atoms with E-state index in [9.17, 15) is 4.79 Å². The van der Waals surface area contributed by atoms with E-state index in [1.54, 1.807) is 11.3 Å². The van der Waals surface area contributed by atoms with Gasteiger partial charge in [-0.05, 0) is 67.9 Å². The fourth-order valence-electron chi connectivity index (χ4n) is 3.35. The van der Waals surface area contributed by atoms with Crippen molar-refractivity contribution in [2.24, 2.45) is 5.92 Å². The Hall–Kier alpha value is -1.85. The summed E-state index contributed by atoms with van der Waals surface area (Å²) in [6.45, 7) is 7.21. The SMILES string of the molecule is Cc1cccc(OCC(=O)NCC(c2cccs2)N2CCC(C)CC2)c1. The van der Waals surface area contributed by atoms with E-state index in [1.807, 2.05) is 31.2 Å². The number of nitrogens with zero attached hydrogens (tertiary/aromatic N) is 1. The van der Waals surface area contributed by atoms with Crippen LogP contribution in [-0.2, 0) is 4.79 Å². The summed E-state index contributed by atoms with van der Waals surface area (Å²) < 4.78 is 5.61. The number of aryl methyl sites for hydroxylation is 1. The standard InChI is InChI=1S/C21H28N2O2S/c1-16-8-10-23(11-9-16)19(20-7-4-12-26-20)14-22-21(24)15-25-18-6-3-5-17(2)13-18/h3-7,12-13,16,19H,8-11,14-15H2,1-2H3,(H,22,24). The van der Waals surface area contributed by atoms with Crippen molar-refractivity contribution in [2.45, 2.75) is 32.7 Å². The Morgan fingerprint density at radius 3 is 2.81 bits per heavy atom. The molecule has 0 bridgehead atoms. The first kappa shape index (κ1) is 18.9. The van der Waals surface area contributed by atoms with Crippen LogP contribution in [0.2, 0.25) is 0 Å². The van der Waals surface area contributed by atoms with E-state index in [4.69, 9.17) is 4.74 Å². The molecule has 140 valence electrons. The molecule has 26 heavy (non-hydrogen) atoms. The Balaban J connectivity index is 1.53. The van der Waals surface area contributed by atoms with Crippen LogP contribution in [0.1, 0.15) is 36.2 Å². The van der Waals surface area contributed by atoms with Gasteiger partial charge < -0.3 is 10.1 Å². The molecule has 1 aliphatic rings. The van der Waals surface area contributed by atoms with Crippen molar-refractivity contribution < 1.29 is 9.53 Å². The molecule has 0 aliphatic carbocycles. The number of likely N-dealkylation sites (tertiary alicyclic amines) is 1. The Morgan fingerprint density at radius 1 is 1.31 bits per heavy atom. The summed E-state index contributed by atoms with van der Waals surface area (Å²) in [7, 11) is 0. The Morgan fingerprint density at radius 2 is 2.12 bits per heavy atom. The lowest BCUT2D eigenvalue weighted by Crippen LogP contribution is -2.42. The quantitative estimate of drug-likeness (QED) is 0.798. The highest BCUT2D eigenvalue weighted by atomic mass is 32.1. The highest BCUT2D eigenvalue weighted by molar-refractivity contribution is 7.10. The number of nitrogens with one attached hydrogen (secondary N) is 1. The molecule has 1 unspecified atom stereocenters. The summed E-state index contributed by atoms with van der Waals surface area (Å²) in [5.74, 6) is 1.46. The molecule has 3 rings (SSSR count). The number of piperidine rings is 1. The van der Waals surface area contributed by atoms with Crippen molar-refractivity contribution in [3.63, 3.8) is 0 Å². The second kappa shape index (κ2) is 9.19. The van der Waals surface area contributed by atoms with E-state index in [2.05, 4.69) is 34.7 Å². The zero-order valence-electron chi connectivity index (χ0n) is 15.6. The normalized spacial score (nSPS) is 17.0. The largest absolute Gasteiger partial charge is 0.484 e. The van der Waals surface area contributed by atoms with Gasteiger partial charge in [0.1, 0.15) is 5.75 Å². The predicted molar refractivity (Wildman–Crippen MR) is 107 cm³/mol. The van der Waals surface area contributed by atoms with Crippen LogP contribution in [0.15, 0.2) is 41.8 Å². The van der Waals surface area contributed by atoms with Gasteiger partial charge in [0, 0.05) is 11.4 Å². The van der Waals surface area contributed by atoms with Crippen LogP contribution in [0.5, 0.6) is 5.75 Å². The maximum absolute atomic E-state index is 12.3. The Kier molecular flexibility index (Phi) is 6.69. The molecule has 2 heterocycles. The second-order valence-corrected chi connectivity index (χ2v) is 8.14. The molecule has 2 aromatic rings. The number of hydrogen-bond acceptors (Lipinski definition) is 4. The molecular weight excluding hydrogens is 344 g/mol. The summed E-state index contributed by atoms with van der Waals surface area (Å²) >= 11 is 1.76. The summed E-state index contributed by atoms with van der Waals surface area (Å²) in [4.78, 5) is 16.1. The third-order valence-corrected chi connectivity index (χ3v) is 5.96. The van der Waals surface area contributed by atoms with Crippen molar-refractivity contribution in [2.75, 3.05) is 26.2 Å². The molecular formula is C21H28N2O2S. The van der Waals surface area contributed by atoms with E-state index in [1.165, 1.54) is 17.7 Å². The predicted octanol–water partition coefficient (Wildman–Crippen LogP) is 4.02. The van der Waals surface area contributed by atoms with Gasteiger partial charge in [0.25, 0.3) is 5.91 Å². The van der Waals surface area contributed by atoms with Crippen LogP contribution in [0.4, 0.5) is 0 Å². The Labute approximate surface area is 160 Å². The first-order valence-electron chi connectivity index (χ1n) is 9.35. The number of benzene rings is 1. The summed E-state index contributed by atoms with van der Waals surface area (Å²) in [5, 5.41) is 5.17. The van der Waals surface area contributed by atoms with Gasteiger partial charge in [0.15, 0.2) is 6.61 Å². The fourth-order valence-corrected chi connectivity index (χ4v) is 4.21. The maximum Gasteiger partial charge on any atom is 0.258 e. The molecule has 1 fully saturated rings. The number of amides is 1.